The Morgan fingerprint density at radius 3 is 2.27 bits per heavy atom. The van der Waals surface area contributed by atoms with Gasteiger partial charge in [0, 0.05) is 6.92 Å². The molecule has 0 aliphatic carbocycles. The first-order valence-electron chi connectivity index (χ1n) is 7.75. The van der Waals surface area contributed by atoms with Crippen molar-refractivity contribution in [1.29, 1.82) is 0 Å². The molecule has 0 aromatic carbocycles. The fourth-order valence-corrected chi connectivity index (χ4v) is 3.96. The van der Waals surface area contributed by atoms with Crippen LogP contribution < -0.4 is 0 Å². The van der Waals surface area contributed by atoms with Crippen LogP contribution in [0.4, 0.5) is 0 Å². The Bertz CT molecular complexity index is 500. The van der Waals surface area contributed by atoms with Gasteiger partial charge in [0.05, 0.1) is 28.6 Å². The van der Waals surface area contributed by atoms with Crippen LogP contribution in [-0.2, 0) is 23.7 Å². The number of rotatable bonds is 6. The molecule has 0 radical (unpaired) electrons. The fraction of sp³-hybridized carbons (Fsp3) is 0.929. The lowest BCUT2D eigenvalue weighted by Crippen LogP contribution is -2.61. The second-order valence-corrected chi connectivity index (χ2v) is 7.62. The molecule has 0 amide bonds. The summed E-state index contributed by atoms with van der Waals surface area (Å²) in [4.78, 5) is 11.0. The van der Waals surface area contributed by atoms with E-state index in [-0.39, 0.29) is 18.4 Å². The molecule has 9 atom stereocenters. The van der Waals surface area contributed by atoms with Crippen molar-refractivity contribution in [2.75, 3.05) is 18.4 Å². The van der Waals surface area contributed by atoms with E-state index in [1.54, 1.807) is 0 Å². The van der Waals surface area contributed by atoms with Crippen LogP contribution >= 0.6 is 46.4 Å². The highest BCUT2D eigenvalue weighted by Gasteiger charge is 2.58. The molecule has 0 bridgehead atoms. The lowest BCUT2D eigenvalue weighted by atomic mass is 10.0. The minimum atomic E-state index is -1.82. The number of hydrogen-bond donors (Lipinski definition) is 3. The predicted molar refractivity (Wildman–Crippen MR) is 92.7 cm³/mol. The minimum absolute atomic E-state index is 0.0250. The van der Waals surface area contributed by atoms with Crippen molar-refractivity contribution in [1.82, 2.24) is 0 Å². The molecule has 0 saturated carbocycles. The molecule has 2 fully saturated rings. The number of esters is 1. The second-order valence-electron chi connectivity index (χ2n) is 6.03. The largest absolute Gasteiger partial charge is 0.463 e. The summed E-state index contributed by atoms with van der Waals surface area (Å²) in [6.45, 7) is 0.927. The number of aliphatic hydroxyl groups excluding tert-OH is 3. The third-order valence-corrected chi connectivity index (χ3v) is 5.92. The Morgan fingerprint density at radius 2 is 1.77 bits per heavy atom. The number of ether oxygens (including phenoxy) is 4. The number of carbonyl (C=O) groups is 1. The molecule has 152 valence electrons. The molecule has 26 heavy (non-hydrogen) atoms. The van der Waals surface area contributed by atoms with Crippen LogP contribution in [0.1, 0.15) is 6.92 Å². The van der Waals surface area contributed by atoms with Crippen LogP contribution in [0.3, 0.4) is 0 Å². The smallest absolute Gasteiger partial charge is 0.302 e. The van der Waals surface area contributed by atoms with Gasteiger partial charge in [-0.3, -0.25) is 4.79 Å². The van der Waals surface area contributed by atoms with E-state index < -0.39 is 59.3 Å². The Labute approximate surface area is 170 Å². The summed E-state index contributed by atoms with van der Waals surface area (Å²) < 4.78 is 21.5. The van der Waals surface area contributed by atoms with Gasteiger partial charge in [-0.2, -0.15) is 0 Å². The summed E-state index contributed by atoms with van der Waals surface area (Å²) >= 11 is 23.8. The van der Waals surface area contributed by atoms with Crippen LogP contribution in [0.5, 0.6) is 0 Å². The van der Waals surface area contributed by atoms with E-state index in [2.05, 4.69) is 0 Å². The van der Waals surface area contributed by atoms with Gasteiger partial charge in [0.25, 0.3) is 0 Å². The zero-order valence-corrected chi connectivity index (χ0v) is 16.7. The third-order valence-electron chi connectivity index (χ3n) is 4.18. The lowest BCUT2D eigenvalue weighted by Gasteiger charge is -2.43. The average Bonchev–Trinajstić information content (AvgIpc) is 2.86. The third kappa shape index (κ3) is 4.51. The van der Waals surface area contributed by atoms with Crippen LogP contribution in [-0.4, -0.2) is 93.0 Å². The van der Waals surface area contributed by atoms with Crippen LogP contribution in [0, 0.1) is 0 Å². The maximum Gasteiger partial charge on any atom is 0.302 e. The molecule has 3 N–H and O–H groups in total. The molecule has 2 aliphatic heterocycles. The van der Waals surface area contributed by atoms with Crippen LogP contribution in [0.2, 0.25) is 0 Å². The summed E-state index contributed by atoms with van der Waals surface area (Å²) in [7, 11) is 0. The molecule has 0 aromatic rings. The second kappa shape index (κ2) is 9.26. The zero-order chi connectivity index (χ0) is 19.6. The van der Waals surface area contributed by atoms with Crippen LogP contribution in [0.25, 0.3) is 0 Å². The zero-order valence-electron chi connectivity index (χ0n) is 13.6. The number of carbonyl (C=O) groups excluding carboxylic acids is 1. The van der Waals surface area contributed by atoms with Crippen molar-refractivity contribution in [3.05, 3.63) is 0 Å². The molecule has 2 rings (SSSR count). The maximum atomic E-state index is 11.0. The number of aliphatic hydroxyl groups is 3. The van der Waals surface area contributed by atoms with Gasteiger partial charge < -0.3 is 34.3 Å². The molecule has 9 unspecified atom stereocenters. The molecule has 0 spiro atoms. The van der Waals surface area contributed by atoms with E-state index in [4.69, 9.17) is 65.4 Å². The minimum Gasteiger partial charge on any atom is -0.463 e. The van der Waals surface area contributed by atoms with Gasteiger partial charge in [-0.25, -0.2) is 0 Å². The highest BCUT2D eigenvalue weighted by Crippen LogP contribution is 2.40. The maximum absolute atomic E-state index is 11.0. The van der Waals surface area contributed by atoms with E-state index in [9.17, 15) is 20.1 Å². The Morgan fingerprint density at radius 1 is 1.12 bits per heavy atom. The van der Waals surface area contributed by atoms with E-state index in [1.807, 2.05) is 0 Å². The summed E-state index contributed by atoms with van der Waals surface area (Å²) in [6.07, 6.45) is -7.63. The molecule has 0 aromatic heterocycles. The predicted octanol–water partition coefficient (Wildman–Crippen LogP) is 0.161. The van der Waals surface area contributed by atoms with Crippen molar-refractivity contribution >= 4 is 52.4 Å². The van der Waals surface area contributed by atoms with Crippen molar-refractivity contribution in [2.24, 2.45) is 0 Å². The van der Waals surface area contributed by atoms with Crippen molar-refractivity contribution in [3.8, 4) is 0 Å². The number of halogens is 4. The van der Waals surface area contributed by atoms with Crippen molar-refractivity contribution in [3.63, 3.8) is 0 Å². The monoisotopic (exact) mass is 456 g/mol. The normalized spacial score (nSPS) is 46.3. The van der Waals surface area contributed by atoms with Crippen molar-refractivity contribution in [2.45, 2.75) is 60.3 Å². The van der Waals surface area contributed by atoms with E-state index >= 15 is 0 Å². The Kier molecular flexibility index (Phi) is 8.08. The SMILES string of the molecule is CC(=O)OCC1OC(OC2(CCl)OC(CCl)C(Cl)C2O)C(O)C(O)C1Cl. The van der Waals surface area contributed by atoms with Crippen molar-refractivity contribution < 1.29 is 39.1 Å². The first-order valence-corrected chi connectivity index (χ1v) is 9.69. The van der Waals surface area contributed by atoms with E-state index in [0.717, 1.165) is 0 Å². The van der Waals surface area contributed by atoms with E-state index in [1.165, 1.54) is 6.92 Å². The van der Waals surface area contributed by atoms with Gasteiger partial charge in [-0.15, -0.1) is 46.4 Å². The average molecular weight is 458 g/mol. The number of alkyl halides is 4. The fourth-order valence-electron chi connectivity index (χ4n) is 2.71. The molecular weight excluding hydrogens is 438 g/mol. The Balaban J connectivity index is 2.16. The van der Waals surface area contributed by atoms with Gasteiger partial charge in [-0.05, 0) is 0 Å². The highest BCUT2D eigenvalue weighted by molar-refractivity contribution is 6.24. The van der Waals surface area contributed by atoms with E-state index in [0.29, 0.717) is 0 Å². The summed E-state index contributed by atoms with van der Waals surface area (Å²) in [6, 6.07) is 0. The quantitative estimate of drug-likeness (QED) is 0.381. The van der Waals surface area contributed by atoms with Gasteiger partial charge in [0.1, 0.15) is 31.0 Å². The van der Waals surface area contributed by atoms with Gasteiger partial charge in [0.2, 0.25) is 5.79 Å². The van der Waals surface area contributed by atoms with Gasteiger partial charge in [-0.1, -0.05) is 0 Å². The topological polar surface area (TPSA) is 115 Å². The standard InChI is InChI=1S/C14H20Cl4O8/c1-5(19)23-3-7-8(17)10(20)11(21)13(24-7)26-14(4-16)12(22)9(18)6(2-15)25-14/h6-13,20-22H,2-4H2,1H3. The first kappa shape index (κ1) is 22.7. The molecule has 2 aliphatic rings. The highest BCUT2D eigenvalue weighted by atomic mass is 35.5. The molecule has 8 nitrogen and oxygen atoms in total. The van der Waals surface area contributed by atoms with Gasteiger partial charge >= 0.3 is 5.97 Å². The summed E-state index contributed by atoms with van der Waals surface area (Å²) in [5.74, 6) is -2.77. The molecule has 2 saturated heterocycles. The molecule has 12 heteroatoms. The lowest BCUT2D eigenvalue weighted by molar-refractivity contribution is -0.357. The Hall–Kier alpha value is 0.390. The number of hydrogen-bond acceptors (Lipinski definition) is 8. The first-order chi connectivity index (χ1) is 12.2. The van der Waals surface area contributed by atoms with Crippen LogP contribution in [0.15, 0.2) is 0 Å². The summed E-state index contributed by atoms with van der Waals surface area (Å²) in [5.41, 5.74) is 0. The molecule has 2 heterocycles. The molecular formula is C14H20Cl4O8. The summed E-state index contributed by atoms with van der Waals surface area (Å²) in [5, 5.41) is 28.7. The van der Waals surface area contributed by atoms with Gasteiger partial charge in [0.15, 0.2) is 6.29 Å².